The highest BCUT2D eigenvalue weighted by atomic mass is 17.2. The Morgan fingerprint density at radius 2 is 0.971 bits per heavy atom. The topological polar surface area (TPSA) is 112 Å². The van der Waals surface area contributed by atoms with E-state index in [0.29, 0.717) is 11.1 Å². The van der Waals surface area contributed by atoms with Crippen molar-refractivity contribution in [3.05, 3.63) is 59.7 Å². The SMILES string of the molecule is O=C(OOC1CCC1)C1C(c2ccc(O)cc2)C(C(=O)OOC2CCC2)C1c1ccc(O)cc1. The van der Waals surface area contributed by atoms with Crippen molar-refractivity contribution >= 4 is 11.9 Å². The second kappa shape index (κ2) is 9.64. The molecule has 0 amide bonds. The summed E-state index contributed by atoms with van der Waals surface area (Å²) in [5.74, 6) is -3.54. The molecule has 0 aliphatic heterocycles. The molecule has 5 rings (SSSR count). The Labute approximate surface area is 197 Å². The van der Waals surface area contributed by atoms with Crippen LogP contribution in [0.3, 0.4) is 0 Å². The molecule has 8 nitrogen and oxygen atoms in total. The molecule has 2 aromatic rings. The summed E-state index contributed by atoms with van der Waals surface area (Å²) in [6, 6.07) is 12.8. The van der Waals surface area contributed by atoms with Crippen LogP contribution in [0.1, 0.15) is 61.5 Å². The monoisotopic (exact) mass is 468 g/mol. The number of hydrogen-bond donors (Lipinski definition) is 2. The predicted octanol–water partition coefficient (Wildman–Crippen LogP) is 4.27. The highest BCUT2D eigenvalue weighted by molar-refractivity contribution is 5.85. The van der Waals surface area contributed by atoms with Crippen molar-refractivity contribution in [3.63, 3.8) is 0 Å². The average Bonchev–Trinajstić information content (AvgIpc) is 2.73. The molecule has 3 fully saturated rings. The van der Waals surface area contributed by atoms with E-state index in [1.807, 2.05) is 0 Å². The lowest BCUT2D eigenvalue weighted by molar-refractivity contribution is -0.322. The normalized spacial score (nSPS) is 26.6. The molecule has 3 saturated carbocycles. The van der Waals surface area contributed by atoms with Crippen LogP contribution in [0.15, 0.2) is 48.5 Å². The van der Waals surface area contributed by atoms with E-state index in [4.69, 9.17) is 19.6 Å². The molecule has 2 aromatic carbocycles. The highest BCUT2D eigenvalue weighted by Crippen LogP contribution is 2.58. The van der Waals surface area contributed by atoms with Crippen molar-refractivity contribution in [2.45, 2.75) is 62.6 Å². The molecule has 0 unspecified atom stereocenters. The smallest absolute Gasteiger partial charge is 0.346 e. The molecule has 0 radical (unpaired) electrons. The second-order valence-corrected chi connectivity index (χ2v) is 9.39. The van der Waals surface area contributed by atoms with Crippen LogP contribution in [0, 0.1) is 11.8 Å². The van der Waals surface area contributed by atoms with Gasteiger partial charge in [0.2, 0.25) is 0 Å². The van der Waals surface area contributed by atoms with Crippen LogP contribution in [0.4, 0.5) is 0 Å². The first-order valence-electron chi connectivity index (χ1n) is 11.8. The third-order valence-electron chi connectivity index (χ3n) is 7.28. The van der Waals surface area contributed by atoms with E-state index >= 15 is 0 Å². The minimum Gasteiger partial charge on any atom is -0.508 e. The Morgan fingerprint density at radius 1 is 0.618 bits per heavy atom. The van der Waals surface area contributed by atoms with Gasteiger partial charge >= 0.3 is 11.9 Å². The number of hydrogen-bond acceptors (Lipinski definition) is 8. The maximum atomic E-state index is 13.2. The number of carbonyl (C=O) groups excluding carboxylic acids is 2. The summed E-state index contributed by atoms with van der Waals surface area (Å²) in [5, 5.41) is 19.5. The van der Waals surface area contributed by atoms with Gasteiger partial charge in [0, 0.05) is 11.8 Å². The van der Waals surface area contributed by atoms with Crippen molar-refractivity contribution in [2.75, 3.05) is 0 Å². The van der Waals surface area contributed by atoms with Crippen LogP contribution < -0.4 is 0 Å². The molecular formula is C26H28O8. The fourth-order valence-corrected chi connectivity index (χ4v) is 4.83. The standard InChI is InChI=1S/C26H28O8/c27-17-11-7-15(8-12-17)21-23(25(29)33-31-19-3-1-4-19)22(16-9-13-18(28)14-10-16)24(21)26(30)34-32-20-5-2-6-20/h7-14,19-24,27-28H,1-6H2. The van der Waals surface area contributed by atoms with Crippen molar-refractivity contribution < 1.29 is 39.4 Å². The van der Waals surface area contributed by atoms with Gasteiger partial charge in [0.25, 0.3) is 0 Å². The van der Waals surface area contributed by atoms with Crippen LogP contribution in [-0.4, -0.2) is 34.4 Å². The van der Waals surface area contributed by atoms with Gasteiger partial charge in [0.05, 0.1) is 11.8 Å². The van der Waals surface area contributed by atoms with Crippen molar-refractivity contribution in [2.24, 2.45) is 11.8 Å². The van der Waals surface area contributed by atoms with Crippen LogP contribution in [0.25, 0.3) is 0 Å². The summed E-state index contributed by atoms with van der Waals surface area (Å²) in [6.07, 6.45) is 5.24. The fourth-order valence-electron chi connectivity index (χ4n) is 4.83. The zero-order chi connectivity index (χ0) is 23.7. The first-order chi connectivity index (χ1) is 16.5. The largest absolute Gasteiger partial charge is 0.508 e. The molecule has 8 heteroatoms. The lowest BCUT2D eigenvalue weighted by Gasteiger charge is -2.49. The maximum Gasteiger partial charge on any atom is 0.346 e. The molecule has 0 bridgehead atoms. The molecule has 0 spiro atoms. The van der Waals surface area contributed by atoms with Gasteiger partial charge in [0.1, 0.15) is 23.7 Å². The first kappa shape index (κ1) is 22.7. The molecule has 3 aliphatic carbocycles. The van der Waals surface area contributed by atoms with Crippen LogP contribution in [-0.2, 0) is 29.1 Å². The molecule has 0 atom stereocenters. The second-order valence-electron chi connectivity index (χ2n) is 9.39. The van der Waals surface area contributed by atoms with Gasteiger partial charge in [-0.15, -0.1) is 0 Å². The molecule has 2 N–H and O–H groups in total. The summed E-state index contributed by atoms with van der Waals surface area (Å²) in [6.45, 7) is 0. The number of phenolic OH excluding ortho intramolecular Hbond substituents is 2. The van der Waals surface area contributed by atoms with E-state index in [1.165, 1.54) is 24.3 Å². The fraction of sp³-hybridized carbons (Fsp3) is 0.462. The molecule has 0 saturated heterocycles. The van der Waals surface area contributed by atoms with Crippen molar-refractivity contribution in [1.29, 1.82) is 0 Å². The molecule has 34 heavy (non-hydrogen) atoms. The van der Waals surface area contributed by atoms with Crippen LogP contribution >= 0.6 is 0 Å². The Kier molecular flexibility index (Phi) is 6.43. The van der Waals surface area contributed by atoms with E-state index in [0.717, 1.165) is 38.5 Å². The number of carbonyl (C=O) groups is 2. The summed E-state index contributed by atoms with van der Waals surface area (Å²) < 4.78 is 0. The van der Waals surface area contributed by atoms with Gasteiger partial charge in [-0.2, -0.15) is 9.78 Å². The Morgan fingerprint density at radius 3 is 1.26 bits per heavy atom. The van der Waals surface area contributed by atoms with Crippen LogP contribution in [0.5, 0.6) is 11.5 Å². The molecule has 3 aliphatic rings. The highest BCUT2D eigenvalue weighted by Gasteiger charge is 2.60. The van der Waals surface area contributed by atoms with E-state index in [1.54, 1.807) is 24.3 Å². The lowest BCUT2D eigenvalue weighted by atomic mass is 9.52. The lowest BCUT2D eigenvalue weighted by Crippen LogP contribution is -2.52. The van der Waals surface area contributed by atoms with E-state index in [-0.39, 0.29) is 23.7 Å². The van der Waals surface area contributed by atoms with Gasteiger partial charge < -0.3 is 10.2 Å². The molecular weight excluding hydrogens is 440 g/mol. The molecule has 0 aromatic heterocycles. The van der Waals surface area contributed by atoms with Gasteiger partial charge in [-0.1, -0.05) is 24.3 Å². The number of benzene rings is 2. The number of aromatic hydroxyl groups is 2. The molecule has 0 heterocycles. The van der Waals surface area contributed by atoms with Crippen LogP contribution in [0.2, 0.25) is 0 Å². The summed E-state index contributed by atoms with van der Waals surface area (Å²) >= 11 is 0. The zero-order valence-electron chi connectivity index (χ0n) is 18.7. The minimum absolute atomic E-state index is 0.0815. The Hall–Kier alpha value is -3.10. The van der Waals surface area contributed by atoms with E-state index in [9.17, 15) is 19.8 Å². The zero-order valence-corrected chi connectivity index (χ0v) is 18.7. The van der Waals surface area contributed by atoms with Crippen molar-refractivity contribution in [1.82, 2.24) is 0 Å². The summed E-state index contributed by atoms with van der Waals surface area (Å²) in [7, 11) is 0. The maximum absolute atomic E-state index is 13.2. The third-order valence-corrected chi connectivity index (χ3v) is 7.28. The number of phenols is 2. The van der Waals surface area contributed by atoms with Gasteiger partial charge in [-0.25, -0.2) is 9.59 Å². The summed E-state index contributed by atoms with van der Waals surface area (Å²) in [4.78, 5) is 47.6. The van der Waals surface area contributed by atoms with Gasteiger partial charge in [-0.05, 0) is 73.9 Å². The minimum atomic E-state index is -0.726. The van der Waals surface area contributed by atoms with Crippen molar-refractivity contribution in [3.8, 4) is 11.5 Å². The Bertz CT molecular complexity index is 919. The van der Waals surface area contributed by atoms with Gasteiger partial charge in [-0.3, -0.25) is 9.78 Å². The predicted molar refractivity (Wildman–Crippen MR) is 118 cm³/mol. The quantitative estimate of drug-likeness (QED) is 0.437. The first-order valence-corrected chi connectivity index (χ1v) is 11.8. The van der Waals surface area contributed by atoms with E-state index < -0.39 is 35.6 Å². The molecule has 180 valence electrons. The average molecular weight is 469 g/mol. The number of rotatable bonds is 8. The van der Waals surface area contributed by atoms with E-state index in [2.05, 4.69) is 0 Å². The van der Waals surface area contributed by atoms with Gasteiger partial charge in [0.15, 0.2) is 0 Å². The third kappa shape index (κ3) is 4.48. The summed E-state index contributed by atoms with van der Waals surface area (Å²) in [5.41, 5.74) is 1.40. The Balaban J connectivity index is 1.44.